The van der Waals surface area contributed by atoms with Crippen LogP contribution in [0.4, 0.5) is 18.0 Å². The molecule has 1 aromatic rings. The van der Waals surface area contributed by atoms with Gasteiger partial charge in [-0.05, 0) is 24.0 Å². The maximum Gasteiger partial charge on any atom is 0.440 e. The number of aromatic nitrogens is 1. The van der Waals surface area contributed by atoms with E-state index >= 15 is 0 Å². The van der Waals surface area contributed by atoms with E-state index in [0.29, 0.717) is 22.8 Å². The van der Waals surface area contributed by atoms with Crippen LogP contribution in [0.3, 0.4) is 0 Å². The number of pyridine rings is 1. The molecule has 0 aromatic carbocycles. The summed E-state index contributed by atoms with van der Waals surface area (Å²) in [6.45, 7) is -0.381. The Morgan fingerprint density at radius 2 is 2.00 bits per heavy atom. The second-order valence-electron chi connectivity index (χ2n) is 7.52. The fraction of sp³-hybridized carbons (Fsp3) is 0.579. The van der Waals surface area contributed by atoms with Crippen LogP contribution in [-0.4, -0.2) is 39.6 Å². The normalized spacial score (nSPS) is 23.2. The third-order valence-corrected chi connectivity index (χ3v) is 5.43. The minimum Gasteiger partial charge on any atom is -0.318 e. The van der Waals surface area contributed by atoms with E-state index in [2.05, 4.69) is 4.98 Å². The van der Waals surface area contributed by atoms with Crippen molar-refractivity contribution in [2.45, 2.75) is 63.3 Å². The number of imide groups is 1. The van der Waals surface area contributed by atoms with Gasteiger partial charge in [0.2, 0.25) is 5.91 Å². The van der Waals surface area contributed by atoms with Crippen molar-refractivity contribution >= 4 is 17.8 Å². The summed E-state index contributed by atoms with van der Waals surface area (Å²) in [5.74, 6) is -2.16. The zero-order valence-corrected chi connectivity index (χ0v) is 15.8. The summed E-state index contributed by atoms with van der Waals surface area (Å²) < 4.78 is 41.5. The lowest BCUT2D eigenvalue weighted by atomic mass is 9.86. The predicted octanol–water partition coefficient (Wildman–Crippen LogP) is 2.87. The summed E-state index contributed by atoms with van der Waals surface area (Å²) in [5.41, 5.74) is -3.06. The quantitative estimate of drug-likeness (QED) is 0.703. The van der Waals surface area contributed by atoms with Crippen molar-refractivity contribution in [3.05, 3.63) is 30.1 Å². The predicted molar refractivity (Wildman–Crippen MR) is 96.1 cm³/mol. The minimum atomic E-state index is -5.19. The van der Waals surface area contributed by atoms with Crippen LogP contribution in [0, 0.1) is 5.92 Å². The van der Waals surface area contributed by atoms with Crippen molar-refractivity contribution in [1.82, 2.24) is 20.5 Å². The van der Waals surface area contributed by atoms with Crippen LogP contribution >= 0.6 is 0 Å². The highest BCUT2D eigenvalue weighted by molar-refractivity contribution is 6.08. The zero-order valence-electron chi connectivity index (χ0n) is 15.8. The van der Waals surface area contributed by atoms with Gasteiger partial charge in [-0.15, -0.1) is 0 Å². The number of rotatable bonds is 6. The molecule has 1 saturated carbocycles. The van der Waals surface area contributed by atoms with Crippen molar-refractivity contribution in [3.63, 3.8) is 0 Å². The van der Waals surface area contributed by atoms with Crippen molar-refractivity contribution in [2.75, 3.05) is 0 Å². The Bertz CT molecular complexity index is 766. The van der Waals surface area contributed by atoms with Gasteiger partial charge in [0.05, 0.1) is 6.54 Å². The first kappa shape index (κ1) is 21.1. The molecule has 0 spiro atoms. The van der Waals surface area contributed by atoms with Crippen LogP contribution in [-0.2, 0) is 16.1 Å². The summed E-state index contributed by atoms with van der Waals surface area (Å²) in [6.07, 6.45) is 3.08. The van der Waals surface area contributed by atoms with Crippen LogP contribution < -0.4 is 10.6 Å². The SMILES string of the molecule is O=C(CCC1CCCCC1)N[C@]1(C(F)(F)F)NC(=O)N(Cc2cccnc2)C1=O. The van der Waals surface area contributed by atoms with Crippen LogP contribution in [0.25, 0.3) is 0 Å². The van der Waals surface area contributed by atoms with E-state index in [1.54, 1.807) is 10.6 Å². The van der Waals surface area contributed by atoms with E-state index in [9.17, 15) is 27.6 Å². The maximum atomic E-state index is 13.8. The van der Waals surface area contributed by atoms with Gasteiger partial charge in [0.1, 0.15) is 0 Å². The van der Waals surface area contributed by atoms with Gasteiger partial charge < -0.3 is 5.32 Å². The van der Waals surface area contributed by atoms with Crippen molar-refractivity contribution < 1.29 is 27.6 Å². The molecule has 1 aromatic heterocycles. The molecular formula is C19H23F3N4O3. The number of carbonyl (C=O) groups is 3. The van der Waals surface area contributed by atoms with Crippen LogP contribution in [0.1, 0.15) is 50.5 Å². The number of urea groups is 1. The fourth-order valence-electron chi connectivity index (χ4n) is 3.82. The Balaban J connectivity index is 1.72. The third-order valence-electron chi connectivity index (χ3n) is 5.43. The molecule has 29 heavy (non-hydrogen) atoms. The number of hydrogen-bond acceptors (Lipinski definition) is 4. The smallest absolute Gasteiger partial charge is 0.318 e. The Hall–Kier alpha value is -2.65. The molecule has 2 heterocycles. The average Bonchev–Trinajstić information content (AvgIpc) is 2.93. The molecule has 1 atom stereocenters. The summed E-state index contributed by atoms with van der Waals surface area (Å²) in [4.78, 5) is 41.3. The van der Waals surface area contributed by atoms with Gasteiger partial charge in [-0.2, -0.15) is 13.2 Å². The number of alkyl halides is 3. The molecule has 158 valence electrons. The number of nitrogens with one attached hydrogen (secondary N) is 2. The first-order valence-corrected chi connectivity index (χ1v) is 9.64. The zero-order chi connectivity index (χ0) is 21.1. The molecule has 1 saturated heterocycles. The Kier molecular flexibility index (Phi) is 6.09. The first-order valence-electron chi connectivity index (χ1n) is 9.64. The van der Waals surface area contributed by atoms with Gasteiger partial charge in [-0.1, -0.05) is 38.2 Å². The topological polar surface area (TPSA) is 91.4 Å². The summed E-state index contributed by atoms with van der Waals surface area (Å²) in [6, 6.07) is 1.85. The van der Waals surface area contributed by atoms with E-state index in [-0.39, 0.29) is 13.0 Å². The van der Waals surface area contributed by atoms with E-state index in [0.717, 1.165) is 32.1 Å². The molecule has 0 unspecified atom stereocenters. The first-order chi connectivity index (χ1) is 13.7. The minimum absolute atomic E-state index is 0.131. The van der Waals surface area contributed by atoms with Crippen molar-refractivity contribution in [3.8, 4) is 0 Å². The van der Waals surface area contributed by atoms with Crippen LogP contribution in [0.2, 0.25) is 0 Å². The second kappa shape index (κ2) is 8.38. The molecule has 1 aliphatic carbocycles. The largest absolute Gasteiger partial charge is 0.440 e. The number of halogens is 3. The molecule has 0 bridgehead atoms. The molecule has 2 aliphatic rings. The highest BCUT2D eigenvalue weighted by Gasteiger charge is 2.68. The number of hydrogen-bond donors (Lipinski definition) is 2. The summed E-state index contributed by atoms with van der Waals surface area (Å²) in [5, 5.41) is 3.42. The van der Waals surface area contributed by atoms with E-state index in [1.165, 1.54) is 24.5 Å². The van der Waals surface area contributed by atoms with Gasteiger partial charge in [0, 0.05) is 18.8 Å². The average molecular weight is 412 g/mol. The molecule has 1 aliphatic heterocycles. The fourth-order valence-corrected chi connectivity index (χ4v) is 3.82. The lowest BCUT2D eigenvalue weighted by Crippen LogP contribution is -2.69. The second-order valence-corrected chi connectivity index (χ2v) is 7.52. The highest BCUT2D eigenvalue weighted by atomic mass is 19.4. The van der Waals surface area contributed by atoms with E-state index < -0.39 is 29.7 Å². The molecule has 7 nitrogen and oxygen atoms in total. The maximum absolute atomic E-state index is 13.8. The third kappa shape index (κ3) is 4.51. The van der Waals surface area contributed by atoms with Gasteiger partial charge >= 0.3 is 12.2 Å². The Morgan fingerprint density at radius 3 is 2.62 bits per heavy atom. The van der Waals surface area contributed by atoms with Crippen LogP contribution in [0.15, 0.2) is 24.5 Å². The lowest BCUT2D eigenvalue weighted by Gasteiger charge is -2.30. The standard InChI is InChI=1S/C19H23F3N4O3/c20-19(21,22)18(24-15(27)9-8-13-5-2-1-3-6-13)16(28)26(17(29)25-18)12-14-7-4-10-23-11-14/h4,7,10-11,13H,1-3,5-6,8-9,12H2,(H,24,27)(H,25,29)/t18-/m0/s1. The molecule has 3 rings (SSSR count). The molecular weight excluding hydrogens is 389 g/mol. The Labute approximate surface area is 166 Å². The lowest BCUT2D eigenvalue weighted by molar-refractivity contribution is -0.204. The number of nitrogens with zero attached hydrogens (tertiary/aromatic N) is 2. The molecule has 0 radical (unpaired) electrons. The number of carbonyl (C=O) groups excluding carboxylic acids is 3. The van der Waals surface area contributed by atoms with Crippen molar-refractivity contribution in [1.29, 1.82) is 0 Å². The monoisotopic (exact) mass is 412 g/mol. The van der Waals surface area contributed by atoms with Crippen molar-refractivity contribution in [2.24, 2.45) is 5.92 Å². The molecule has 2 fully saturated rings. The van der Waals surface area contributed by atoms with E-state index in [4.69, 9.17) is 0 Å². The Morgan fingerprint density at radius 1 is 1.28 bits per heavy atom. The summed E-state index contributed by atoms with van der Waals surface area (Å²) in [7, 11) is 0. The molecule has 10 heteroatoms. The summed E-state index contributed by atoms with van der Waals surface area (Å²) >= 11 is 0. The highest BCUT2D eigenvalue weighted by Crippen LogP contribution is 2.35. The van der Waals surface area contributed by atoms with Gasteiger partial charge in [-0.25, -0.2) is 4.79 Å². The van der Waals surface area contributed by atoms with Crippen LogP contribution in [0.5, 0.6) is 0 Å². The van der Waals surface area contributed by atoms with Gasteiger partial charge in [0.15, 0.2) is 0 Å². The number of amides is 4. The van der Waals surface area contributed by atoms with E-state index in [1.807, 2.05) is 0 Å². The molecule has 2 N–H and O–H groups in total. The molecule has 4 amide bonds. The van der Waals surface area contributed by atoms with Gasteiger partial charge in [0.25, 0.3) is 11.6 Å². The van der Waals surface area contributed by atoms with Gasteiger partial charge in [-0.3, -0.25) is 24.8 Å².